The number of nitrogen functional groups attached to an aromatic ring is 1. The molecule has 3 aromatic heterocycles. The lowest BCUT2D eigenvalue weighted by Crippen LogP contribution is -2.36. The zero-order valence-corrected chi connectivity index (χ0v) is 16.7. The Balaban J connectivity index is 1.68. The maximum absolute atomic E-state index is 13.2. The van der Waals surface area contributed by atoms with E-state index < -0.39 is 0 Å². The molecule has 0 spiro atoms. The third-order valence-corrected chi connectivity index (χ3v) is 5.21. The molecule has 3 N–H and O–H groups in total. The summed E-state index contributed by atoms with van der Waals surface area (Å²) in [5.74, 6) is 0.367. The van der Waals surface area contributed by atoms with Crippen molar-refractivity contribution in [2.75, 3.05) is 5.73 Å². The van der Waals surface area contributed by atoms with Crippen LogP contribution in [0.3, 0.4) is 0 Å². The third kappa shape index (κ3) is 3.30. The molecule has 0 aromatic carbocycles. The number of rotatable bonds is 4. The number of carbonyl (C=O) groups is 1. The van der Waals surface area contributed by atoms with E-state index in [4.69, 9.17) is 10.5 Å². The lowest BCUT2D eigenvalue weighted by atomic mass is 10.1. The van der Waals surface area contributed by atoms with Crippen molar-refractivity contribution in [3.63, 3.8) is 0 Å². The number of carbonyl (C=O) groups excluding carboxylic acids is 1. The first-order valence-corrected chi connectivity index (χ1v) is 9.52. The molecule has 0 unspecified atom stereocenters. The molecule has 7 nitrogen and oxygen atoms in total. The number of hydrogen-bond acceptors (Lipinski definition) is 5. The number of nitrogens with zero attached hydrogens (tertiary/aromatic N) is 3. The van der Waals surface area contributed by atoms with Gasteiger partial charge in [-0.15, -0.1) is 0 Å². The summed E-state index contributed by atoms with van der Waals surface area (Å²) in [7, 11) is 0. The number of halogens is 1. The van der Waals surface area contributed by atoms with Crippen molar-refractivity contribution in [3.05, 3.63) is 51.4 Å². The Morgan fingerprint density at radius 3 is 2.85 bits per heavy atom. The summed E-state index contributed by atoms with van der Waals surface area (Å²) in [6, 6.07) is 5.60. The molecule has 1 aliphatic heterocycles. The predicted octanol–water partition coefficient (Wildman–Crippen LogP) is 3.38. The van der Waals surface area contributed by atoms with Gasteiger partial charge in [-0.1, -0.05) is 0 Å². The van der Waals surface area contributed by atoms with Gasteiger partial charge in [0.15, 0.2) is 0 Å². The van der Waals surface area contributed by atoms with Crippen LogP contribution in [-0.4, -0.2) is 31.8 Å². The molecule has 1 aliphatic rings. The van der Waals surface area contributed by atoms with Crippen molar-refractivity contribution in [1.29, 1.82) is 0 Å². The Morgan fingerprint density at radius 2 is 2.15 bits per heavy atom. The average Bonchev–Trinajstić information content (AvgIpc) is 3.27. The molecule has 4 heterocycles. The van der Waals surface area contributed by atoms with Crippen LogP contribution in [0, 0.1) is 0 Å². The molecular weight excluding hydrogens is 410 g/mol. The van der Waals surface area contributed by atoms with Crippen LogP contribution in [0.4, 0.5) is 5.82 Å². The van der Waals surface area contributed by atoms with Gasteiger partial charge in [-0.25, -0.2) is 4.98 Å². The van der Waals surface area contributed by atoms with Crippen LogP contribution < -0.4 is 5.73 Å². The second kappa shape index (κ2) is 6.94. The molecule has 0 atom stereocenters. The molecule has 8 heteroatoms. The fourth-order valence-electron chi connectivity index (χ4n) is 3.27. The normalized spacial score (nSPS) is 13.3. The molecule has 0 fully saturated rings. The molecule has 4 rings (SSSR count). The maximum Gasteiger partial charge on any atom is 0.270 e. The Labute approximate surface area is 165 Å². The number of amides is 1. The van der Waals surface area contributed by atoms with Gasteiger partial charge in [-0.3, -0.25) is 9.78 Å². The molecule has 0 aliphatic carbocycles. The molecule has 0 radical (unpaired) electrons. The number of H-pyrrole nitrogens is 1. The van der Waals surface area contributed by atoms with Gasteiger partial charge in [0, 0.05) is 27.8 Å². The number of nitrogens with one attached hydrogen (secondary N) is 1. The highest BCUT2D eigenvalue weighted by molar-refractivity contribution is 9.10. The quantitative estimate of drug-likeness (QED) is 0.662. The number of hydrogen-bond donors (Lipinski definition) is 2. The fraction of sp³-hybridized carbons (Fsp3) is 0.316. The highest BCUT2D eigenvalue weighted by atomic mass is 79.9. The van der Waals surface area contributed by atoms with Gasteiger partial charge < -0.3 is 20.4 Å². The van der Waals surface area contributed by atoms with E-state index in [1.54, 1.807) is 17.2 Å². The largest absolute Gasteiger partial charge is 0.383 e. The minimum absolute atomic E-state index is 0.0152. The number of fused-ring (bicyclic) bond motifs is 3. The Bertz CT molecular complexity index is 1010. The van der Waals surface area contributed by atoms with Crippen molar-refractivity contribution < 1.29 is 9.53 Å². The summed E-state index contributed by atoms with van der Waals surface area (Å²) >= 11 is 3.38. The summed E-state index contributed by atoms with van der Waals surface area (Å²) < 4.78 is 6.41. The molecule has 0 saturated heterocycles. The van der Waals surface area contributed by atoms with Crippen LogP contribution in [-0.2, 0) is 24.5 Å². The van der Waals surface area contributed by atoms with Gasteiger partial charge in [0.2, 0.25) is 0 Å². The summed E-state index contributed by atoms with van der Waals surface area (Å²) in [4.78, 5) is 27.0. The van der Waals surface area contributed by atoms with Crippen LogP contribution in [0.15, 0.2) is 28.9 Å². The number of ether oxygens (including phenoxy) is 1. The SMILES string of the molecule is CC(C)N(Cc1ccc(Br)cn1)C(=O)c1cc2nc(N)c3c(c2[nH]1)COC3. The van der Waals surface area contributed by atoms with E-state index in [2.05, 4.69) is 30.9 Å². The summed E-state index contributed by atoms with van der Waals surface area (Å²) in [5.41, 5.74) is 10.8. The van der Waals surface area contributed by atoms with Crippen molar-refractivity contribution >= 4 is 38.7 Å². The lowest BCUT2D eigenvalue weighted by molar-refractivity contribution is 0.0682. The maximum atomic E-state index is 13.2. The van der Waals surface area contributed by atoms with Gasteiger partial charge >= 0.3 is 0 Å². The predicted molar refractivity (Wildman–Crippen MR) is 106 cm³/mol. The smallest absolute Gasteiger partial charge is 0.270 e. The van der Waals surface area contributed by atoms with Crippen molar-refractivity contribution in [2.24, 2.45) is 0 Å². The number of aromatic amines is 1. The topological polar surface area (TPSA) is 97.1 Å². The molecule has 0 bridgehead atoms. The Hall–Kier alpha value is -2.45. The highest BCUT2D eigenvalue weighted by Gasteiger charge is 2.25. The minimum atomic E-state index is -0.0982. The standard InChI is InChI=1S/C19H20BrN5O2/c1-10(2)25(7-12-4-3-11(20)6-22-12)19(26)16-5-15-17(23-16)13-8-27-9-14(13)18(21)24-15/h3-6,10,23H,7-9H2,1-2H3,(H2,21,24). The third-order valence-electron chi connectivity index (χ3n) is 4.74. The first-order valence-electron chi connectivity index (χ1n) is 8.73. The molecule has 0 saturated carbocycles. The van der Waals surface area contributed by atoms with Gasteiger partial charge in [0.1, 0.15) is 11.5 Å². The van der Waals surface area contributed by atoms with Crippen LogP contribution in [0.1, 0.15) is 41.2 Å². The van der Waals surface area contributed by atoms with E-state index in [0.717, 1.165) is 26.8 Å². The van der Waals surface area contributed by atoms with E-state index in [0.29, 0.717) is 36.8 Å². The first-order chi connectivity index (χ1) is 12.9. The second-order valence-electron chi connectivity index (χ2n) is 6.88. The average molecular weight is 430 g/mol. The van der Waals surface area contributed by atoms with Crippen LogP contribution in [0.2, 0.25) is 0 Å². The summed E-state index contributed by atoms with van der Waals surface area (Å²) in [6.07, 6.45) is 1.73. The van der Waals surface area contributed by atoms with Gasteiger partial charge in [-0.2, -0.15) is 0 Å². The number of anilines is 1. The van der Waals surface area contributed by atoms with Crippen molar-refractivity contribution in [3.8, 4) is 0 Å². The molecule has 27 heavy (non-hydrogen) atoms. The first kappa shape index (κ1) is 17.9. The van der Waals surface area contributed by atoms with Crippen LogP contribution in [0.25, 0.3) is 11.0 Å². The molecule has 1 amide bonds. The van der Waals surface area contributed by atoms with E-state index in [-0.39, 0.29) is 11.9 Å². The van der Waals surface area contributed by atoms with E-state index in [1.165, 1.54) is 0 Å². The van der Waals surface area contributed by atoms with Gasteiger partial charge in [0.05, 0.1) is 36.5 Å². The number of nitrogens with two attached hydrogens (primary N) is 1. The van der Waals surface area contributed by atoms with Gasteiger partial charge in [0.25, 0.3) is 5.91 Å². The molecule has 3 aromatic rings. The second-order valence-corrected chi connectivity index (χ2v) is 7.80. The zero-order chi connectivity index (χ0) is 19.1. The van der Waals surface area contributed by atoms with Crippen LogP contribution in [0.5, 0.6) is 0 Å². The summed E-state index contributed by atoms with van der Waals surface area (Å²) in [5, 5.41) is 0. The lowest BCUT2D eigenvalue weighted by Gasteiger charge is -2.26. The molecular formula is C19H20BrN5O2. The molecule has 140 valence electrons. The van der Waals surface area contributed by atoms with Gasteiger partial charge in [-0.05, 0) is 48.0 Å². The Kier molecular flexibility index (Phi) is 4.61. The zero-order valence-electron chi connectivity index (χ0n) is 15.1. The highest BCUT2D eigenvalue weighted by Crippen LogP contribution is 2.31. The number of pyridine rings is 2. The summed E-state index contributed by atoms with van der Waals surface area (Å²) in [6.45, 7) is 5.33. The van der Waals surface area contributed by atoms with Crippen molar-refractivity contribution in [1.82, 2.24) is 19.9 Å². The van der Waals surface area contributed by atoms with Crippen molar-refractivity contribution in [2.45, 2.75) is 39.6 Å². The van der Waals surface area contributed by atoms with E-state index >= 15 is 0 Å². The van der Waals surface area contributed by atoms with E-state index in [1.807, 2.05) is 26.0 Å². The Morgan fingerprint density at radius 1 is 1.37 bits per heavy atom. The van der Waals surface area contributed by atoms with Crippen LogP contribution >= 0.6 is 15.9 Å². The minimum Gasteiger partial charge on any atom is -0.383 e. The monoisotopic (exact) mass is 429 g/mol. The van der Waals surface area contributed by atoms with E-state index in [9.17, 15) is 4.79 Å². The fourth-order valence-corrected chi connectivity index (χ4v) is 3.51. The number of aromatic nitrogens is 3.